The van der Waals surface area contributed by atoms with Crippen LogP contribution >= 0.6 is 23.2 Å². The highest BCUT2D eigenvalue weighted by Gasteiger charge is 2.43. The maximum Gasteiger partial charge on any atom is 0.416 e. The van der Waals surface area contributed by atoms with E-state index < -0.39 is 35.8 Å². The second kappa shape index (κ2) is 17.6. The van der Waals surface area contributed by atoms with Gasteiger partial charge in [0.15, 0.2) is 5.54 Å². The van der Waals surface area contributed by atoms with Gasteiger partial charge < -0.3 is 26.6 Å². The summed E-state index contributed by atoms with van der Waals surface area (Å²) in [6.45, 7) is 7.12. The van der Waals surface area contributed by atoms with E-state index in [-0.39, 0.29) is 19.4 Å². The monoisotopic (exact) mass is 681 g/mol. The second-order valence-electron chi connectivity index (χ2n) is 11.1. The van der Waals surface area contributed by atoms with Crippen molar-refractivity contribution in [2.75, 3.05) is 26.2 Å². The minimum absolute atomic E-state index is 0.152. The molecule has 252 valence electrons. The Morgan fingerprint density at radius 3 is 2.02 bits per heavy atom. The minimum Gasteiger partial charge on any atom is -0.480 e. The van der Waals surface area contributed by atoms with Crippen molar-refractivity contribution in [3.63, 3.8) is 0 Å². The lowest BCUT2D eigenvalue weighted by Gasteiger charge is -2.24. The van der Waals surface area contributed by atoms with Gasteiger partial charge in [-0.1, -0.05) is 56.0 Å². The largest absolute Gasteiger partial charge is 0.480 e. The molecule has 45 heavy (non-hydrogen) atoms. The molecule has 6 nitrogen and oxygen atoms in total. The molecule has 0 bridgehead atoms. The van der Waals surface area contributed by atoms with Crippen LogP contribution in [-0.4, -0.2) is 59.2 Å². The molecule has 0 aliphatic rings. The first kappa shape index (κ1) is 38.9. The Bertz CT molecular complexity index is 1400. The summed E-state index contributed by atoms with van der Waals surface area (Å²) in [5, 5.41) is 22.3. The number of aliphatic hydroxyl groups is 1. The zero-order valence-corrected chi connectivity index (χ0v) is 27.0. The van der Waals surface area contributed by atoms with Gasteiger partial charge in [0, 0.05) is 22.0 Å². The van der Waals surface area contributed by atoms with Gasteiger partial charge in [0.05, 0.1) is 11.7 Å². The molecule has 0 heterocycles. The number of hydrogen-bond donors (Lipinski definition) is 4. The van der Waals surface area contributed by atoms with E-state index in [0.717, 1.165) is 57.5 Å². The summed E-state index contributed by atoms with van der Waals surface area (Å²) in [5.41, 5.74) is 7.40. The van der Waals surface area contributed by atoms with Gasteiger partial charge in [-0.3, -0.25) is 0 Å². The van der Waals surface area contributed by atoms with Crippen molar-refractivity contribution in [2.45, 2.75) is 83.0 Å². The SMILES string of the molecule is CCCCN(CCCC)CCC(O)c1cc2c(Cl)cc(Cl)cc2c2cc(C(F)(F)F)ccc12.NCCCC(N)(C(=O)O)C(F)F. The predicted octanol–water partition coefficient (Wildman–Crippen LogP) is 8.42. The highest BCUT2D eigenvalue weighted by Crippen LogP contribution is 2.40. The third-order valence-corrected chi connectivity index (χ3v) is 8.19. The Balaban J connectivity index is 0.000000498. The van der Waals surface area contributed by atoms with E-state index in [1.165, 1.54) is 6.07 Å². The van der Waals surface area contributed by atoms with E-state index in [0.29, 0.717) is 43.6 Å². The van der Waals surface area contributed by atoms with Gasteiger partial charge in [-0.15, -0.1) is 0 Å². The summed E-state index contributed by atoms with van der Waals surface area (Å²) in [7, 11) is 0. The number of unbranched alkanes of at least 4 members (excludes halogenated alkanes) is 2. The molecule has 0 spiro atoms. The van der Waals surface area contributed by atoms with Crippen LogP contribution in [0, 0.1) is 0 Å². The molecular formula is C32H42Cl2F5N3O3. The lowest BCUT2D eigenvalue weighted by Crippen LogP contribution is -2.54. The Morgan fingerprint density at radius 1 is 0.911 bits per heavy atom. The van der Waals surface area contributed by atoms with Crippen LogP contribution in [0.3, 0.4) is 0 Å². The molecular weight excluding hydrogens is 640 g/mol. The van der Waals surface area contributed by atoms with Crippen LogP contribution in [0.4, 0.5) is 22.0 Å². The summed E-state index contributed by atoms with van der Waals surface area (Å²) in [4.78, 5) is 12.7. The number of carboxylic acid groups (broad SMARTS) is 1. The van der Waals surface area contributed by atoms with Crippen LogP contribution in [0.2, 0.25) is 10.0 Å². The van der Waals surface area contributed by atoms with E-state index in [4.69, 9.17) is 39.8 Å². The third kappa shape index (κ3) is 10.6. The molecule has 2 atom stereocenters. The fraction of sp³-hybridized carbons (Fsp3) is 0.531. The third-order valence-electron chi connectivity index (χ3n) is 7.66. The van der Waals surface area contributed by atoms with Crippen molar-refractivity contribution < 1.29 is 37.0 Å². The first-order chi connectivity index (χ1) is 21.1. The molecule has 0 amide bonds. The predicted molar refractivity (Wildman–Crippen MR) is 171 cm³/mol. The fourth-order valence-corrected chi connectivity index (χ4v) is 5.47. The van der Waals surface area contributed by atoms with E-state index in [1.807, 2.05) is 0 Å². The molecule has 3 aromatic carbocycles. The molecule has 0 aromatic heterocycles. The highest BCUT2D eigenvalue weighted by atomic mass is 35.5. The summed E-state index contributed by atoms with van der Waals surface area (Å²) >= 11 is 12.6. The molecule has 2 unspecified atom stereocenters. The van der Waals surface area contributed by atoms with Crippen LogP contribution in [0.1, 0.15) is 76.0 Å². The standard InChI is InChI=1S/C26H30Cl2F3NO.C6H12F2N2O2/c1-3-5-10-32(11-6-4-2)12-9-25(33)23-16-22-21(14-18(27)15-24(22)28)20-13-17(26(29,30)31)7-8-19(20)23;7-4(8)6(10,5(11)12)2-1-3-9/h7-8,13-16,25,33H,3-6,9-12H2,1-2H3;4H,1-3,9-10H2,(H,11,12). The smallest absolute Gasteiger partial charge is 0.416 e. The van der Waals surface area contributed by atoms with Gasteiger partial charge >= 0.3 is 12.1 Å². The van der Waals surface area contributed by atoms with Gasteiger partial charge in [0.1, 0.15) is 0 Å². The summed E-state index contributed by atoms with van der Waals surface area (Å²) < 4.78 is 64.5. The zero-order valence-electron chi connectivity index (χ0n) is 25.4. The summed E-state index contributed by atoms with van der Waals surface area (Å²) in [5.74, 6) is -1.69. The molecule has 3 aromatic rings. The maximum absolute atomic E-state index is 13.4. The number of benzene rings is 3. The Morgan fingerprint density at radius 2 is 1.51 bits per heavy atom. The van der Waals surface area contributed by atoms with Gasteiger partial charge in [-0.2, -0.15) is 13.2 Å². The molecule has 3 rings (SSSR count). The van der Waals surface area contributed by atoms with Crippen molar-refractivity contribution in [1.29, 1.82) is 0 Å². The molecule has 0 radical (unpaired) electrons. The molecule has 0 fully saturated rings. The van der Waals surface area contributed by atoms with Crippen LogP contribution in [-0.2, 0) is 11.0 Å². The van der Waals surface area contributed by atoms with Crippen LogP contribution in [0.25, 0.3) is 21.5 Å². The molecule has 0 saturated heterocycles. The quantitative estimate of drug-likeness (QED) is 0.0946. The van der Waals surface area contributed by atoms with Crippen molar-refractivity contribution >= 4 is 50.7 Å². The topological polar surface area (TPSA) is 113 Å². The van der Waals surface area contributed by atoms with Crippen LogP contribution in [0.15, 0.2) is 36.4 Å². The van der Waals surface area contributed by atoms with Crippen LogP contribution in [0.5, 0.6) is 0 Å². The summed E-state index contributed by atoms with van der Waals surface area (Å²) in [6, 6.07) is 8.60. The van der Waals surface area contributed by atoms with Crippen LogP contribution < -0.4 is 11.5 Å². The molecule has 0 aliphatic heterocycles. The van der Waals surface area contributed by atoms with E-state index in [1.54, 1.807) is 18.2 Å². The number of halogens is 7. The zero-order chi connectivity index (χ0) is 33.9. The number of hydrogen-bond acceptors (Lipinski definition) is 5. The molecule has 6 N–H and O–H groups in total. The molecule has 0 saturated carbocycles. The number of aliphatic hydroxyl groups excluding tert-OH is 1. The number of nitrogens with two attached hydrogens (primary N) is 2. The van der Waals surface area contributed by atoms with Gasteiger partial charge in [-0.25, -0.2) is 13.6 Å². The van der Waals surface area contributed by atoms with E-state index >= 15 is 0 Å². The van der Waals surface area contributed by atoms with Gasteiger partial charge in [0.2, 0.25) is 0 Å². The van der Waals surface area contributed by atoms with Crippen molar-refractivity contribution in [3.05, 3.63) is 57.6 Å². The van der Waals surface area contributed by atoms with Gasteiger partial charge in [0.25, 0.3) is 6.43 Å². The Hall–Kier alpha value is -2.28. The fourth-order valence-electron chi connectivity index (χ4n) is 4.92. The Labute approximate surface area is 270 Å². The second-order valence-corrected chi connectivity index (χ2v) is 11.9. The number of carbonyl (C=O) groups is 1. The number of fused-ring (bicyclic) bond motifs is 3. The first-order valence-electron chi connectivity index (χ1n) is 14.9. The summed E-state index contributed by atoms with van der Waals surface area (Å²) in [6.07, 6.45) is -3.63. The lowest BCUT2D eigenvalue weighted by molar-refractivity contribution is -0.150. The number of nitrogens with zero attached hydrogens (tertiary/aromatic N) is 1. The highest BCUT2D eigenvalue weighted by molar-refractivity contribution is 6.39. The number of alkyl halides is 5. The van der Waals surface area contributed by atoms with E-state index in [9.17, 15) is 31.9 Å². The number of rotatable bonds is 15. The normalized spacial score (nSPS) is 14.1. The first-order valence-corrected chi connectivity index (χ1v) is 15.7. The molecule has 0 aliphatic carbocycles. The van der Waals surface area contributed by atoms with Crippen molar-refractivity contribution in [2.24, 2.45) is 11.5 Å². The van der Waals surface area contributed by atoms with Gasteiger partial charge in [-0.05, 0) is 104 Å². The molecule has 13 heteroatoms. The minimum atomic E-state index is -4.48. The average Bonchev–Trinajstić information content (AvgIpc) is 2.98. The lowest BCUT2D eigenvalue weighted by atomic mass is 9.92. The average molecular weight is 683 g/mol. The Kier molecular flexibility index (Phi) is 15.2. The number of carboxylic acids is 1. The number of aliphatic carboxylic acids is 1. The van der Waals surface area contributed by atoms with E-state index in [2.05, 4.69) is 18.7 Å². The van der Waals surface area contributed by atoms with Crippen molar-refractivity contribution in [1.82, 2.24) is 4.90 Å². The van der Waals surface area contributed by atoms with Crippen molar-refractivity contribution in [3.8, 4) is 0 Å². The maximum atomic E-state index is 13.4.